The van der Waals surface area contributed by atoms with Crippen LogP contribution in [-0.4, -0.2) is 31.2 Å². The van der Waals surface area contributed by atoms with Crippen LogP contribution in [-0.2, 0) is 16.6 Å². The SMILES string of the molecule is Cc1ccc(COc2cc(Cl)c(C)cc2N(C[C@@H](C)O)S(=O)(=O)c2cccnc2)cc1. The zero-order chi connectivity index (χ0) is 22.6. The smallest absolute Gasteiger partial charge is 0.266 e. The number of rotatable bonds is 8. The van der Waals surface area contributed by atoms with E-state index in [0.29, 0.717) is 22.0 Å². The maximum absolute atomic E-state index is 13.4. The van der Waals surface area contributed by atoms with Crippen LogP contribution < -0.4 is 9.04 Å². The monoisotopic (exact) mass is 460 g/mol. The first-order valence-corrected chi connectivity index (χ1v) is 11.6. The summed E-state index contributed by atoms with van der Waals surface area (Å²) < 4.78 is 34.0. The lowest BCUT2D eigenvalue weighted by molar-refractivity contribution is 0.204. The molecule has 0 aliphatic rings. The highest BCUT2D eigenvalue weighted by molar-refractivity contribution is 7.92. The van der Waals surface area contributed by atoms with Gasteiger partial charge >= 0.3 is 0 Å². The van der Waals surface area contributed by atoms with Crippen LogP contribution in [0.5, 0.6) is 5.75 Å². The van der Waals surface area contributed by atoms with Gasteiger partial charge in [-0.15, -0.1) is 0 Å². The van der Waals surface area contributed by atoms with Gasteiger partial charge in [0.15, 0.2) is 0 Å². The summed E-state index contributed by atoms with van der Waals surface area (Å²) in [6, 6.07) is 14.1. The standard InChI is InChI=1S/C23H25ClN2O4S/c1-16-6-8-19(9-7-16)15-30-23-12-21(24)17(2)11-22(23)26(14-18(3)27)31(28,29)20-5-4-10-25-13-20/h4-13,18,27H,14-15H2,1-3H3/t18-/m1/s1. The summed E-state index contributed by atoms with van der Waals surface area (Å²) in [5.74, 6) is 0.310. The molecule has 8 heteroatoms. The molecule has 1 heterocycles. The van der Waals surface area contributed by atoms with Crippen molar-refractivity contribution in [2.45, 2.75) is 38.4 Å². The zero-order valence-corrected chi connectivity index (χ0v) is 19.2. The second kappa shape index (κ2) is 9.68. The minimum atomic E-state index is -4.00. The number of sulfonamides is 1. The van der Waals surface area contributed by atoms with Crippen LogP contribution in [0.3, 0.4) is 0 Å². The first-order valence-electron chi connectivity index (χ1n) is 9.78. The molecule has 2 aromatic carbocycles. The number of aryl methyl sites for hydroxylation is 2. The van der Waals surface area contributed by atoms with Crippen LogP contribution in [0.25, 0.3) is 0 Å². The molecular formula is C23H25ClN2O4S. The number of aliphatic hydroxyl groups excluding tert-OH is 1. The highest BCUT2D eigenvalue weighted by Crippen LogP contribution is 2.37. The third kappa shape index (κ3) is 5.55. The Bertz CT molecular complexity index is 1130. The van der Waals surface area contributed by atoms with Gasteiger partial charge in [-0.05, 0) is 50.1 Å². The van der Waals surface area contributed by atoms with Gasteiger partial charge in [-0.1, -0.05) is 41.4 Å². The molecule has 0 aliphatic heterocycles. The van der Waals surface area contributed by atoms with E-state index < -0.39 is 16.1 Å². The molecule has 0 fully saturated rings. The lowest BCUT2D eigenvalue weighted by Crippen LogP contribution is -2.37. The number of nitrogens with zero attached hydrogens (tertiary/aromatic N) is 2. The van der Waals surface area contributed by atoms with Gasteiger partial charge in [0.1, 0.15) is 17.3 Å². The summed E-state index contributed by atoms with van der Waals surface area (Å²) in [5.41, 5.74) is 3.06. The van der Waals surface area contributed by atoms with Gasteiger partial charge in [0.2, 0.25) is 0 Å². The van der Waals surface area contributed by atoms with E-state index in [1.54, 1.807) is 25.1 Å². The Morgan fingerprint density at radius 3 is 2.48 bits per heavy atom. The number of pyridine rings is 1. The van der Waals surface area contributed by atoms with Gasteiger partial charge in [0, 0.05) is 23.5 Å². The molecule has 0 amide bonds. The van der Waals surface area contributed by atoms with Crippen LogP contribution in [0.1, 0.15) is 23.6 Å². The summed E-state index contributed by atoms with van der Waals surface area (Å²) in [4.78, 5) is 3.94. The molecule has 3 rings (SSSR count). The molecule has 3 aromatic rings. The first-order chi connectivity index (χ1) is 14.7. The molecule has 0 aliphatic carbocycles. The number of aromatic nitrogens is 1. The summed E-state index contributed by atoms with van der Waals surface area (Å²) in [5, 5.41) is 10.5. The van der Waals surface area contributed by atoms with Crippen LogP contribution >= 0.6 is 11.6 Å². The summed E-state index contributed by atoms with van der Waals surface area (Å²) >= 11 is 6.32. The van der Waals surface area contributed by atoms with Crippen molar-refractivity contribution in [2.75, 3.05) is 10.8 Å². The maximum Gasteiger partial charge on any atom is 0.266 e. The van der Waals surface area contributed by atoms with E-state index in [1.807, 2.05) is 31.2 Å². The molecule has 6 nitrogen and oxygen atoms in total. The second-order valence-corrected chi connectivity index (χ2v) is 9.69. The van der Waals surface area contributed by atoms with Crippen molar-refractivity contribution in [2.24, 2.45) is 0 Å². The average Bonchev–Trinajstić information content (AvgIpc) is 2.74. The second-order valence-electron chi connectivity index (χ2n) is 7.42. The van der Waals surface area contributed by atoms with E-state index in [-0.39, 0.29) is 18.0 Å². The Kier molecular flexibility index (Phi) is 7.20. The van der Waals surface area contributed by atoms with Crippen molar-refractivity contribution in [1.82, 2.24) is 4.98 Å². The Morgan fingerprint density at radius 2 is 1.87 bits per heavy atom. The quantitative estimate of drug-likeness (QED) is 0.535. The minimum absolute atomic E-state index is 0.0211. The van der Waals surface area contributed by atoms with Crippen molar-refractivity contribution < 1.29 is 18.3 Å². The third-order valence-electron chi connectivity index (χ3n) is 4.68. The lowest BCUT2D eigenvalue weighted by Gasteiger charge is -2.28. The van der Waals surface area contributed by atoms with Gasteiger partial charge in [-0.3, -0.25) is 9.29 Å². The van der Waals surface area contributed by atoms with Crippen LogP contribution in [0.2, 0.25) is 5.02 Å². The normalized spacial score (nSPS) is 12.4. The molecule has 1 N–H and O–H groups in total. The molecular weight excluding hydrogens is 436 g/mol. The number of aliphatic hydroxyl groups is 1. The van der Waals surface area contributed by atoms with Gasteiger partial charge in [-0.2, -0.15) is 0 Å². The molecule has 0 unspecified atom stereocenters. The predicted molar refractivity (Wildman–Crippen MR) is 122 cm³/mol. The lowest BCUT2D eigenvalue weighted by atomic mass is 10.1. The summed E-state index contributed by atoms with van der Waals surface area (Å²) in [6.07, 6.45) is 1.87. The van der Waals surface area contributed by atoms with Crippen LogP contribution in [0, 0.1) is 13.8 Å². The summed E-state index contributed by atoms with van der Waals surface area (Å²) in [7, 11) is -4.00. The van der Waals surface area contributed by atoms with E-state index >= 15 is 0 Å². The van der Waals surface area contributed by atoms with E-state index in [9.17, 15) is 13.5 Å². The number of benzene rings is 2. The fourth-order valence-corrected chi connectivity index (χ4v) is 4.66. The number of hydrogen-bond donors (Lipinski definition) is 1. The molecule has 0 saturated heterocycles. The largest absolute Gasteiger partial charge is 0.487 e. The van der Waals surface area contributed by atoms with Gasteiger partial charge in [0.05, 0.1) is 18.3 Å². The Labute approximate surface area is 188 Å². The van der Waals surface area contributed by atoms with Crippen molar-refractivity contribution >= 4 is 27.3 Å². The molecule has 0 radical (unpaired) electrons. The molecule has 0 spiro atoms. The highest BCUT2D eigenvalue weighted by atomic mass is 35.5. The average molecular weight is 461 g/mol. The Hall–Kier alpha value is -2.61. The van der Waals surface area contributed by atoms with Gasteiger partial charge in [-0.25, -0.2) is 8.42 Å². The topological polar surface area (TPSA) is 79.7 Å². The van der Waals surface area contributed by atoms with Gasteiger partial charge in [0.25, 0.3) is 10.0 Å². The molecule has 0 saturated carbocycles. The highest BCUT2D eigenvalue weighted by Gasteiger charge is 2.29. The summed E-state index contributed by atoms with van der Waals surface area (Å²) in [6.45, 7) is 5.40. The van der Waals surface area contributed by atoms with E-state index in [4.69, 9.17) is 16.3 Å². The predicted octanol–water partition coefficient (Wildman–Crippen LogP) is 4.51. The molecule has 1 atom stereocenters. The van der Waals surface area contributed by atoms with E-state index in [2.05, 4.69) is 4.98 Å². The van der Waals surface area contributed by atoms with E-state index in [1.165, 1.54) is 25.4 Å². The van der Waals surface area contributed by atoms with E-state index in [0.717, 1.165) is 15.4 Å². The Morgan fingerprint density at radius 1 is 1.16 bits per heavy atom. The fraction of sp³-hybridized carbons (Fsp3) is 0.261. The number of halogens is 1. The molecule has 0 bridgehead atoms. The number of ether oxygens (including phenoxy) is 1. The third-order valence-corrected chi connectivity index (χ3v) is 6.85. The van der Waals surface area contributed by atoms with Crippen LogP contribution in [0.4, 0.5) is 5.69 Å². The van der Waals surface area contributed by atoms with Crippen molar-refractivity contribution in [1.29, 1.82) is 0 Å². The van der Waals surface area contributed by atoms with Crippen molar-refractivity contribution in [3.8, 4) is 5.75 Å². The van der Waals surface area contributed by atoms with Crippen molar-refractivity contribution in [3.05, 3.63) is 82.6 Å². The van der Waals surface area contributed by atoms with Gasteiger partial charge < -0.3 is 9.84 Å². The molecule has 31 heavy (non-hydrogen) atoms. The first kappa shape index (κ1) is 23.1. The van der Waals surface area contributed by atoms with Crippen molar-refractivity contribution in [3.63, 3.8) is 0 Å². The van der Waals surface area contributed by atoms with Crippen LogP contribution in [0.15, 0.2) is 65.8 Å². The molecule has 164 valence electrons. The number of anilines is 1. The zero-order valence-electron chi connectivity index (χ0n) is 17.6. The maximum atomic E-state index is 13.4. The number of hydrogen-bond acceptors (Lipinski definition) is 5. The fourth-order valence-electron chi connectivity index (χ4n) is 3.00. The Balaban J connectivity index is 2.05. The molecule has 1 aromatic heterocycles. The minimum Gasteiger partial charge on any atom is -0.487 e.